The molecule has 0 saturated carbocycles. The van der Waals surface area contributed by atoms with E-state index in [0.29, 0.717) is 5.75 Å². The van der Waals surface area contributed by atoms with Gasteiger partial charge in [-0.1, -0.05) is 12.1 Å². The predicted octanol–water partition coefficient (Wildman–Crippen LogP) is 3.16. The van der Waals surface area contributed by atoms with Crippen LogP contribution in [-0.4, -0.2) is 16.2 Å². The molecule has 0 amide bonds. The van der Waals surface area contributed by atoms with Gasteiger partial charge in [-0.2, -0.15) is 0 Å². The van der Waals surface area contributed by atoms with Crippen LogP contribution in [0.3, 0.4) is 0 Å². The van der Waals surface area contributed by atoms with E-state index in [1.165, 1.54) is 6.07 Å². The molecule has 1 aliphatic heterocycles. The molecule has 0 aromatic heterocycles. The number of phenols is 2. The van der Waals surface area contributed by atoms with Crippen molar-refractivity contribution >= 4 is 5.97 Å². The molecule has 0 spiro atoms. The second kappa shape index (κ2) is 4.81. The molecule has 0 bridgehead atoms. The van der Waals surface area contributed by atoms with Crippen molar-refractivity contribution in [2.45, 2.75) is 26.2 Å². The Bertz CT molecular complexity index is 734. The van der Waals surface area contributed by atoms with Crippen LogP contribution in [0.1, 0.15) is 34.6 Å². The van der Waals surface area contributed by atoms with Crippen LogP contribution in [0.4, 0.5) is 0 Å². The number of benzene rings is 2. The predicted molar refractivity (Wildman–Crippen MR) is 77.8 cm³/mol. The van der Waals surface area contributed by atoms with Crippen LogP contribution >= 0.6 is 0 Å². The fourth-order valence-corrected chi connectivity index (χ4v) is 2.89. The highest BCUT2D eigenvalue weighted by molar-refractivity contribution is 5.78. The van der Waals surface area contributed by atoms with Crippen molar-refractivity contribution in [3.63, 3.8) is 0 Å². The average Bonchev–Trinajstić information content (AvgIpc) is 2.40. The molecule has 0 aliphatic carbocycles. The SMILES string of the molecule is Cc1cc([C@@H]2CC(=O)Oc3cc(O)cc(C)c32)ccc1O. The summed E-state index contributed by atoms with van der Waals surface area (Å²) in [6.45, 7) is 3.71. The van der Waals surface area contributed by atoms with Gasteiger partial charge in [0.05, 0.1) is 6.42 Å². The first-order chi connectivity index (χ1) is 9.95. The van der Waals surface area contributed by atoms with E-state index in [0.717, 1.165) is 22.3 Å². The Balaban J connectivity index is 2.16. The molecule has 0 unspecified atom stereocenters. The summed E-state index contributed by atoms with van der Waals surface area (Å²) in [5, 5.41) is 19.3. The third kappa shape index (κ3) is 2.33. The van der Waals surface area contributed by atoms with Crippen molar-refractivity contribution in [2.24, 2.45) is 0 Å². The van der Waals surface area contributed by atoms with Crippen molar-refractivity contribution < 1.29 is 19.7 Å². The maximum absolute atomic E-state index is 11.8. The number of rotatable bonds is 1. The number of esters is 1. The first kappa shape index (κ1) is 13.5. The fraction of sp³-hybridized carbons (Fsp3) is 0.235. The summed E-state index contributed by atoms with van der Waals surface area (Å²) in [4.78, 5) is 11.8. The van der Waals surface area contributed by atoms with E-state index in [2.05, 4.69) is 0 Å². The molecule has 1 aliphatic rings. The Morgan fingerprint density at radius 2 is 1.86 bits per heavy atom. The minimum absolute atomic E-state index is 0.0848. The van der Waals surface area contributed by atoms with Gasteiger partial charge in [0.2, 0.25) is 0 Å². The van der Waals surface area contributed by atoms with Crippen molar-refractivity contribution in [3.8, 4) is 17.2 Å². The Morgan fingerprint density at radius 1 is 1.10 bits per heavy atom. The monoisotopic (exact) mass is 284 g/mol. The van der Waals surface area contributed by atoms with Gasteiger partial charge in [0.25, 0.3) is 0 Å². The summed E-state index contributed by atoms with van der Waals surface area (Å²) in [7, 11) is 0. The number of aryl methyl sites for hydroxylation is 2. The second-order valence-corrected chi connectivity index (χ2v) is 5.45. The standard InChI is InChI=1S/C17H16O4/c1-9-5-11(3-4-14(9)19)13-8-16(20)21-15-7-12(18)6-10(2)17(13)15/h3-7,13,18-19H,8H2,1-2H3/t13-/m0/s1. The van der Waals surface area contributed by atoms with Gasteiger partial charge < -0.3 is 14.9 Å². The molecule has 108 valence electrons. The van der Waals surface area contributed by atoms with Gasteiger partial charge in [0.15, 0.2) is 0 Å². The summed E-state index contributed by atoms with van der Waals surface area (Å²) < 4.78 is 5.25. The third-order valence-corrected chi connectivity index (χ3v) is 3.90. The van der Waals surface area contributed by atoms with E-state index >= 15 is 0 Å². The van der Waals surface area contributed by atoms with Crippen LogP contribution in [0, 0.1) is 13.8 Å². The first-order valence-electron chi connectivity index (χ1n) is 6.79. The summed E-state index contributed by atoms with van der Waals surface area (Å²) in [6.07, 6.45) is 0.253. The lowest BCUT2D eigenvalue weighted by atomic mass is 9.83. The van der Waals surface area contributed by atoms with Crippen LogP contribution in [0.15, 0.2) is 30.3 Å². The Labute approximate surface area is 122 Å². The number of carbonyl (C=O) groups is 1. The topological polar surface area (TPSA) is 66.8 Å². The minimum Gasteiger partial charge on any atom is -0.508 e. The molecule has 1 atom stereocenters. The Morgan fingerprint density at radius 3 is 2.57 bits per heavy atom. The molecular formula is C17H16O4. The van der Waals surface area contributed by atoms with Crippen molar-refractivity contribution in [3.05, 3.63) is 52.6 Å². The summed E-state index contributed by atoms with van der Waals surface area (Å²) in [5.41, 5.74) is 3.52. The largest absolute Gasteiger partial charge is 0.508 e. The van der Waals surface area contributed by atoms with E-state index in [9.17, 15) is 15.0 Å². The van der Waals surface area contributed by atoms with Gasteiger partial charge in [0.1, 0.15) is 17.2 Å². The maximum atomic E-state index is 11.8. The molecular weight excluding hydrogens is 268 g/mol. The van der Waals surface area contributed by atoms with Gasteiger partial charge >= 0.3 is 5.97 Å². The number of aromatic hydroxyl groups is 2. The van der Waals surface area contributed by atoms with Gasteiger partial charge in [-0.05, 0) is 42.7 Å². The van der Waals surface area contributed by atoms with Crippen LogP contribution in [0.25, 0.3) is 0 Å². The molecule has 2 N–H and O–H groups in total. The average molecular weight is 284 g/mol. The lowest BCUT2D eigenvalue weighted by molar-refractivity contribution is -0.135. The second-order valence-electron chi connectivity index (χ2n) is 5.45. The van der Waals surface area contributed by atoms with Crippen LogP contribution in [-0.2, 0) is 4.79 Å². The van der Waals surface area contributed by atoms with E-state index < -0.39 is 0 Å². The first-order valence-corrected chi connectivity index (χ1v) is 6.79. The number of carbonyl (C=O) groups excluding carboxylic acids is 1. The van der Waals surface area contributed by atoms with Gasteiger partial charge in [-0.3, -0.25) is 4.79 Å². The Hall–Kier alpha value is -2.49. The number of ether oxygens (including phenoxy) is 1. The quantitative estimate of drug-likeness (QED) is 0.623. The van der Waals surface area contributed by atoms with E-state index in [1.807, 2.05) is 26.0 Å². The highest BCUT2D eigenvalue weighted by atomic mass is 16.5. The van der Waals surface area contributed by atoms with E-state index in [-0.39, 0.29) is 29.8 Å². The zero-order valence-electron chi connectivity index (χ0n) is 11.9. The van der Waals surface area contributed by atoms with Gasteiger partial charge in [-0.25, -0.2) is 0 Å². The normalized spacial score (nSPS) is 17.2. The van der Waals surface area contributed by atoms with Crippen LogP contribution < -0.4 is 4.74 Å². The highest BCUT2D eigenvalue weighted by Crippen LogP contribution is 2.43. The lowest BCUT2D eigenvalue weighted by Gasteiger charge is -2.27. The third-order valence-electron chi connectivity index (χ3n) is 3.90. The molecule has 21 heavy (non-hydrogen) atoms. The van der Waals surface area contributed by atoms with Gasteiger partial charge in [0, 0.05) is 17.5 Å². The summed E-state index contributed by atoms with van der Waals surface area (Å²) in [6, 6.07) is 8.48. The summed E-state index contributed by atoms with van der Waals surface area (Å²) in [5.74, 6) is 0.297. The molecule has 3 rings (SSSR count). The molecule has 2 aromatic rings. The molecule has 0 saturated heterocycles. The van der Waals surface area contributed by atoms with Crippen molar-refractivity contribution in [2.75, 3.05) is 0 Å². The number of hydrogen-bond acceptors (Lipinski definition) is 4. The number of fused-ring (bicyclic) bond motifs is 1. The van der Waals surface area contributed by atoms with E-state index in [1.54, 1.807) is 12.1 Å². The molecule has 4 heteroatoms. The molecule has 0 fully saturated rings. The number of phenolic OH excluding ortho intramolecular Hbond substituents is 2. The minimum atomic E-state index is -0.316. The van der Waals surface area contributed by atoms with E-state index in [4.69, 9.17) is 4.74 Å². The molecule has 1 heterocycles. The fourth-order valence-electron chi connectivity index (χ4n) is 2.89. The van der Waals surface area contributed by atoms with Crippen LogP contribution in [0.2, 0.25) is 0 Å². The van der Waals surface area contributed by atoms with Gasteiger partial charge in [-0.15, -0.1) is 0 Å². The van der Waals surface area contributed by atoms with Crippen LogP contribution in [0.5, 0.6) is 17.2 Å². The van der Waals surface area contributed by atoms with Crippen molar-refractivity contribution in [1.82, 2.24) is 0 Å². The molecule has 0 radical (unpaired) electrons. The smallest absolute Gasteiger partial charge is 0.312 e. The maximum Gasteiger partial charge on any atom is 0.312 e. The van der Waals surface area contributed by atoms with Crippen molar-refractivity contribution in [1.29, 1.82) is 0 Å². The highest BCUT2D eigenvalue weighted by Gasteiger charge is 2.30. The Kier molecular flexibility index (Phi) is 3.09. The zero-order valence-corrected chi connectivity index (χ0v) is 11.9. The zero-order chi connectivity index (χ0) is 15.1. The number of hydrogen-bond donors (Lipinski definition) is 2. The molecule has 2 aromatic carbocycles. The summed E-state index contributed by atoms with van der Waals surface area (Å²) >= 11 is 0. The lowest BCUT2D eigenvalue weighted by Crippen LogP contribution is -2.21. The molecule has 4 nitrogen and oxygen atoms in total.